The highest BCUT2D eigenvalue weighted by molar-refractivity contribution is 6.35. The fraction of sp³-hybridized carbons (Fsp3) is 0.100. The van der Waals surface area contributed by atoms with Gasteiger partial charge in [0, 0.05) is 17.1 Å². The van der Waals surface area contributed by atoms with E-state index in [0.717, 1.165) is 12.1 Å². The molecule has 0 unspecified atom stereocenters. The van der Waals surface area contributed by atoms with E-state index in [-0.39, 0.29) is 0 Å². The van der Waals surface area contributed by atoms with Gasteiger partial charge in [0.15, 0.2) is 11.6 Å². The fourth-order valence-electron chi connectivity index (χ4n) is 1.30. The standard InChI is InChI=1S/C10H6ClF2N/c1-5-2-7(11)6-3-8(12)9(13)4-10(6)14-5/h2-4H,1H3. The summed E-state index contributed by atoms with van der Waals surface area (Å²) in [6.45, 7) is 1.74. The quantitative estimate of drug-likeness (QED) is 0.653. The summed E-state index contributed by atoms with van der Waals surface area (Å²) in [6, 6.07) is 3.71. The van der Waals surface area contributed by atoms with Gasteiger partial charge in [0.05, 0.1) is 10.5 Å². The summed E-state index contributed by atoms with van der Waals surface area (Å²) in [7, 11) is 0. The molecule has 0 N–H and O–H groups in total. The van der Waals surface area contributed by atoms with Gasteiger partial charge in [0.2, 0.25) is 0 Å². The molecule has 0 saturated carbocycles. The number of benzene rings is 1. The maximum atomic E-state index is 12.9. The molecule has 0 fully saturated rings. The lowest BCUT2D eigenvalue weighted by molar-refractivity contribution is 0.510. The van der Waals surface area contributed by atoms with Crippen molar-refractivity contribution in [1.29, 1.82) is 0 Å². The van der Waals surface area contributed by atoms with E-state index in [1.807, 2.05) is 0 Å². The van der Waals surface area contributed by atoms with Gasteiger partial charge in [-0.15, -0.1) is 0 Å². The number of hydrogen-bond donors (Lipinski definition) is 0. The molecule has 14 heavy (non-hydrogen) atoms. The summed E-state index contributed by atoms with van der Waals surface area (Å²) < 4.78 is 25.7. The van der Waals surface area contributed by atoms with Crippen LogP contribution in [0, 0.1) is 18.6 Å². The van der Waals surface area contributed by atoms with Crippen LogP contribution < -0.4 is 0 Å². The average Bonchev–Trinajstić information content (AvgIpc) is 2.08. The molecule has 4 heteroatoms. The van der Waals surface area contributed by atoms with Crippen molar-refractivity contribution in [3.63, 3.8) is 0 Å². The van der Waals surface area contributed by atoms with Crippen molar-refractivity contribution < 1.29 is 8.78 Å². The van der Waals surface area contributed by atoms with E-state index < -0.39 is 11.6 Å². The predicted octanol–water partition coefficient (Wildman–Crippen LogP) is 3.47. The minimum absolute atomic E-state index is 0.369. The van der Waals surface area contributed by atoms with Crippen LogP contribution in [0.4, 0.5) is 8.78 Å². The highest BCUT2D eigenvalue weighted by Gasteiger charge is 2.08. The van der Waals surface area contributed by atoms with Crippen molar-refractivity contribution in [1.82, 2.24) is 4.98 Å². The molecule has 1 aromatic heterocycles. The van der Waals surface area contributed by atoms with Gasteiger partial charge in [-0.05, 0) is 19.1 Å². The Kier molecular flexibility index (Phi) is 2.11. The highest BCUT2D eigenvalue weighted by Crippen LogP contribution is 2.24. The second-order valence-corrected chi connectivity index (χ2v) is 3.44. The summed E-state index contributed by atoms with van der Waals surface area (Å²) >= 11 is 5.86. The third-order valence-corrected chi connectivity index (χ3v) is 2.24. The smallest absolute Gasteiger partial charge is 0.161 e. The Bertz CT molecular complexity index is 511. The van der Waals surface area contributed by atoms with Gasteiger partial charge < -0.3 is 0 Å². The van der Waals surface area contributed by atoms with Gasteiger partial charge in [0.1, 0.15) is 0 Å². The zero-order valence-electron chi connectivity index (χ0n) is 7.31. The second kappa shape index (κ2) is 3.17. The van der Waals surface area contributed by atoms with Crippen LogP contribution in [0.2, 0.25) is 5.02 Å². The molecule has 2 aromatic rings. The minimum atomic E-state index is -0.912. The highest BCUT2D eigenvalue weighted by atomic mass is 35.5. The molecule has 72 valence electrons. The van der Waals surface area contributed by atoms with E-state index in [1.165, 1.54) is 0 Å². The first-order valence-corrected chi connectivity index (χ1v) is 4.37. The maximum absolute atomic E-state index is 12.9. The van der Waals surface area contributed by atoms with Crippen LogP contribution in [0.5, 0.6) is 0 Å². The van der Waals surface area contributed by atoms with Crippen LogP contribution in [0.15, 0.2) is 18.2 Å². The van der Waals surface area contributed by atoms with Gasteiger partial charge in [-0.2, -0.15) is 0 Å². The zero-order valence-corrected chi connectivity index (χ0v) is 8.07. The van der Waals surface area contributed by atoms with Crippen molar-refractivity contribution in [2.75, 3.05) is 0 Å². The van der Waals surface area contributed by atoms with Gasteiger partial charge >= 0.3 is 0 Å². The molecule has 0 radical (unpaired) electrons. The van der Waals surface area contributed by atoms with Gasteiger partial charge in [-0.1, -0.05) is 11.6 Å². The van der Waals surface area contributed by atoms with E-state index in [1.54, 1.807) is 13.0 Å². The van der Waals surface area contributed by atoms with Crippen molar-refractivity contribution >= 4 is 22.5 Å². The molecule has 0 aliphatic rings. The molecule has 0 bridgehead atoms. The van der Waals surface area contributed by atoms with Crippen molar-refractivity contribution in [2.45, 2.75) is 6.92 Å². The van der Waals surface area contributed by atoms with Crippen LogP contribution >= 0.6 is 11.6 Å². The first-order valence-electron chi connectivity index (χ1n) is 4.00. The number of aryl methyl sites for hydroxylation is 1. The Labute approximate surface area is 84.3 Å². The monoisotopic (exact) mass is 213 g/mol. The largest absolute Gasteiger partial charge is 0.253 e. The van der Waals surface area contributed by atoms with E-state index in [4.69, 9.17) is 11.6 Å². The number of fused-ring (bicyclic) bond motifs is 1. The Morgan fingerprint density at radius 2 is 1.79 bits per heavy atom. The molecule has 1 aromatic carbocycles. The van der Waals surface area contributed by atoms with Crippen molar-refractivity contribution in [3.8, 4) is 0 Å². The summed E-state index contributed by atoms with van der Waals surface area (Å²) in [5.74, 6) is -1.82. The van der Waals surface area contributed by atoms with E-state index >= 15 is 0 Å². The van der Waals surface area contributed by atoms with E-state index in [9.17, 15) is 8.78 Å². The maximum Gasteiger partial charge on any atom is 0.161 e. The number of nitrogens with zero attached hydrogens (tertiary/aromatic N) is 1. The van der Waals surface area contributed by atoms with E-state index in [2.05, 4.69) is 4.98 Å². The molecule has 0 amide bonds. The topological polar surface area (TPSA) is 12.9 Å². The van der Waals surface area contributed by atoms with Gasteiger partial charge in [0.25, 0.3) is 0 Å². The number of aromatic nitrogens is 1. The van der Waals surface area contributed by atoms with Crippen molar-refractivity contribution in [3.05, 3.63) is 40.6 Å². The Morgan fingerprint density at radius 3 is 2.50 bits per heavy atom. The molecule has 0 aliphatic carbocycles. The molecule has 2 rings (SSSR count). The van der Waals surface area contributed by atoms with Crippen LogP contribution in [0.1, 0.15) is 5.69 Å². The van der Waals surface area contributed by atoms with Crippen molar-refractivity contribution in [2.24, 2.45) is 0 Å². The van der Waals surface area contributed by atoms with Crippen LogP contribution in [-0.2, 0) is 0 Å². The molecule has 0 aliphatic heterocycles. The molecule has 0 saturated heterocycles. The summed E-state index contributed by atoms with van der Waals surface area (Å²) in [5, 5.41) is 0.808. The summed E-state index contributed by atoms with van der Waals surface area (Å²) in [6.07, 6.45) is 0. The number of rotatable bonds is 0. The number of halogens is 3. The molecule has 0 atom stereocenters. The lowest BCUT2D eigenvalue weighted by Crippen LogP contribution is -1.89. The molecule has 1 heterocycles. The third kappa shape index (κ3) is 1.44. The van der Waals surface area contributed by atoms with Gasteiger partial charge in [-0.25, -0.2) is 8.78 Å². The summed E-state index contributed by atoms with van der Waals surface area (Å²) in [4.78, 5) is 4.05. The molecular weight excluding hydrogens is 208 g/mol. The lowest BCUT2D eigenvalue weighted by Gasteiger charge is -2.02. The van der Waals surface area contributed by atoms with Crippen LogP contribution in [-0.4, -0.2) is 4.98 Å². The van der Waals surface area contributed by atoms with Crippen LogP contribution in [0.25, 0.3) is 10.9 Å². The van der Waals surface area contributed by atoms with E-state index in [0.29, 0.717) is 21.6 Å². The third-order valence-electron chi connectivity index (χ3n) is 1.93. The van der Waals surface area contributed by atoms with Crippen LogP contribution in [0.3, 0.4) is 0 Å². The number of pyridine rings is 1. The lowest BCUT2D eigenvalue weighted by atomic mass is 10.2. The number of hydrogen-bond acceptors (Lipinski definition) is 1. The second-order valence-electron chi connectivity index (χ2n) is 3.03. The van der Waals surface area contributed by atoms with Gasteiger partial charge in [-0.3, -0.25) is 4.98 Å². The minimum Gasteiger partial charge on any atom is -0.253 e. The normalized spacial score (nSPS) is 10.9. The Hall–Kier alpha value is -1.22. The Balaban J connectivity index is 2.89. The molecule has 0 spiro atoms. The zero-order chi connectivity index (χ0) is 10.3. The molecular formula is C10H6ClF2N. The summed E-state index contributed by atoms with van der Waals surface area (Å²) in [5.41, 5.74) is 1.04. The predicted molar refractivity (Wildman–Crippen MR) is 51.4 cm³/mol. The SMILES string of the molecule is Cc1cc(Cl)c2cc(F)c(F)cc2n1. The first kappa shape index (κ1) is 9.34. The Morgan fingerprint density at radius 1 is 1.14 bits per heavy atom. The first-order chi connectivity index (χ1) is 6.58. The average molecular weight is 214 g/mol. The fourth-order valence-corrected chi connectivity index (χ4v) is 1.61. The molecule has 1 nitrogen and oxygen atoms in total.